The van der Waals surface area contributed by atoms with Crippen LogP contribution in [0.3, 0.4) is 0 Å². The molecule has 2 aromatic heterocycles. The Labute approximate surface area is 203 Å². The molecule has 4 aromatic carbocycles. The molecule has 0 aliphatic rings. The van der Waals surface area contributed by atoms with Crippen molar-refractivity contribution in [2.24, 2.45) is 0 Å². The predicted molar refractivity (Wildman–Crippen MR) is 125 cm³/mol. The van der Waals surface area contributed by atoms with Crippen LogP contribution >= 0.6 is 0 Å². The number of para-hydroxylation sites is 3. The van der Waals surface area contributed by atoms with Gasteiger partial charge in [-0.1, -0.05) is 66.7 Å². The summed E-state index contributed by atoms with van der Waals surface area (Å²) in [5, 5.41) is 13.1. The van der Waals surface area contributed by atoms with Gasteiger partial charge in [-0.25, -0.2) is 9.97 Å². The topological polar surface area (TPSA) is 55.0 Å². The largest absolute Gasteiger partial charge is 1.00 e. The van der Waals surface area contributed by atoms with Gasteiger partial charge in [0.2, 0.25) is 5.52 Å². The second-order valence-corrected chi connectivity index (χ2v) is 7.74. The summed E-state index contributed by atoms with van der Waals surface area (Å²) in [7, 11) is 0. The van der Waals surface area contributed by atoms with Gasteiger partial charge in [-0.15, -0.1) is 0 Å². The minimum atomic E-state index is -0.00227. The number of hydrogen-bond donors (Lipinski definition) is 0. The van der Waals surface area contributed by atoms with Crippen molar-refractivity contribution in [1.82, 2.24) is 9.55 Å². The molecule has 0 fully saturated rings. The third kappa shape index (κ3) is 3.60. The van der Waals surface area contributed by atoms with Crippen LogP contribution in [-0.2, 0) is 0 Å². The van der Waals surface area contributed by atoms with Crippen molar-refractivity contribution in [2.45, 2.75) is 0 Å². The van der Waals surface area contributed by atoms with Crippen molar-refractivity contribution in [1.29, 1.82) is 0 Å². The average Bonchev–Trinajstić information content (AvgIpc) is 3.25. The van der Waals surface area contributed by atoms with Crippen LogP contribution in [0.15, 0.2) is 109 Å². The van der Waals surface area contributed by atoms with Crippen molar-refractivity contribution in [3.8, 4) is 34.0 Å². The van der Waals surface area contributed by atoms with E-state index in [-0.39, 0.29) is 24.6 Å². The van der Waals surface area contributed by atoms with E-state index in [1.165, 1.54) is 0 Å². The number of imidazole rings is 1. The fourth-order valence-electron chi connectivity index (χ4n) is 4.31. The van der Waals surface area contributed by atoms with Crippen LogP contribution in [0.5, 0.6) is 5.75 Å². The van der Waals surface area contributed by atoms with Crippen molar-refractivity contribution in [3.05, 3.63) is 109 Å². The van der Waals surface area contributed by atoms with Gasteiger partial charge in [-0.3, -0.25) is 4.57 Å². The first-order valence-corrected chi connectivity index (χ1v) is 10.5. The van der Waals surface area contributed by atoms with Crippen molar-refractivity contribution in [3.63, 3.8) is 0 Å². The van der Waals surface area contributed by atoms with Crippen molar-refractivity contribution < 1.29 is 29.0 Å². The number of pyridine rings is 1. The second-order valence-electron chi connectivity index (χ2n) is 7.74. The molecule has 1 N–H and O–H groups in total. The van der Waals surface area contributed by atoms with E-state index in [1.54, 1.807) is 12.3 Å². The number of rotatable bonds is 3. The van der Waals surface area contributed by atoms with E-state index < -0.39 is 0 Å². The summed E-state index contributed by atoms with van der Waals surface area (Å²) in [6.45, 7) is 0. The Kier molecular flexibility index (Phi) is 5.48. The van der Waals surface area contributed by atoms with Crippen LogP contribution in [0, 0.1) is 0 Å². The molecular formula is C28H19LiN3O+. The van der Waals surface area contributed by atoms with Crippen molar-refractivity contribution >= 4 is 21.9 Å². The van der Waals surface area contributed by atoms with Gasteiger partial charge in [0, 0.05) is 17.3 Å². The molecule has 0 amide bonds. The maximum Gasteiger partial charge on any atom is 1.00 e. The SMILES string of the molecule is [Li+].[O-]c1ccc(-c2ccc(-c3nc4ccccc4n3-c3ccccc3)cc2)c2ccc[nH+]c12. The van der Waals surface area contributed by atoms with E-state index in [0.717, 1.165) is 44.6 Å². The first kappa shape index (κ1) is 21.0. The van der Waals surface area contributed by atoms with Gasteiger partial charge < -0.3 is 5.11 Å². The molecule has 0 saturated heterocycles. The molecule has 0 aliphatic carbocycles. The van der Waals surface area contributed by atoms with E-state index in [1.807, 2.05) is 54.6 Å². The molecule has 0 saturated carbocycles. The number of aromatic nitrogens is 3. The molecule has 0 aliphatic heterocycles. The zero-order valence-corrected chi connectivity index (χ0v) is 18.2. The van der Waals surface area contributed by atoms with E-state index in [2.05, 4.69) is 52.0 Å². The quantitative estimate of drug-likeness (QED) is 0.413. The first-order chi connectivity index (χ1) is 15.8. The minimum Gasteiger partial charge on any atom is -0.868 e. The van der Waals surface area contributed by atoms with E-state index in [0.29, 0.717) is 5.52 Å². The molecular weight excluding hydrogens is 401 g/mol. The molecule has 0 radical (unpaired) electrons. The standard InChI is InChI=1S/C28H19N3O.Li/c32-26-17-16-22(23-9-6-18-29-27(23)26)19-12-14-20(15-13-19)28-30-24-10-4-5-11-25(24)31(28)21-7-2-1-3-8-21;/h1-18,32H;/q;+1. The molecule has 2 heterocycles. The zero-order chi connectivity index (χ0) is 21.5. The summed E-state index contributed by atoms with van der Waals surface area (Å²) in [4.78, 5) is 8.02. The van der Waals surface area contributed by atoms with Crippen LogP contribution in [0.1, 0.15) is 0 Å². The Morgan fingerprint density at radius 2 is 1.42 bits per heavy atom. The van der Waals surface area contributed by atoms with Gasteiger partial charge in [0.1, 0.15) is 5.82 Å². The van der Waals surface area contributed by atoms with Crippen LogP contribution in [-0.4, -0.2) is 9.55 Å². The summed E-state index contributed by atoms with van der Waals surface area (Å²) < 4.78 is 2.20. The second kappa shape index (κ2) is 8.59. The van der Waals surface area contributed by atoms with Gasteiger partial charge in [0.25, 0.3) is 0 Å². The molecule has 0 spiro atoms. The third-order valence-corrected chi connectivity index (χ3v) is 5.82. The molecule has 6 aromatic rings. The fraction of sp³-hybridized carbons (Fsp3) is 0. The summed E-state index contributed by atoms with van der Waals surface area (Å²) in [6.07, 6.45) is 1.78. The van der Waals surface area contributed by atoms with Gasteiger partial charge in [0.05, 0.1) is 16.4 Å². The Balaban J connectivity index is 0.00000228. The predicted octanol–water partition coefficient (Wildman–Crippen LogP) is 2.40. The van der Waals surface area contributed by atoms with E-state index in [4.69, 9.17) is 4.98 Å². The summed E-state index contributed by atoms with van der Waals surface area (Å²) in [5.74, 6) is 0.898. The molecule has 6 rings (SSSR count). The van der Waals surface area contributed by atoms with E-state index in [9.17, 15) is 5.11 Å². The van der Waals surface area contributed by atoms with Gasteiger partial charge in [-0.2, -0.15) is 0 Å². The van der Waals surface area contributed by atoms with Crippen LogP contribution in [0.4, 0.5) is 0 Å². The number of hydrogen-bond acceptors (Lipinski definition) is 2. The van der Waals surface area contributed by atoms with Crippen molar-refractivity contribution in [2.75, 3.05) is 0 Å². The molecule has 152 valence electrons. The maximum atomic E-state index is 12.2. The Morgan fingerprint density at radius 1 is 0.697 bits per heavy atom. The van der Waals surface area contributed by atoms with Crippen LogP contribution in [0.25, 0.3) is 50.1 Å². The summed E-state index contributed by atoms with van der Waals surface area (Å²) in [6, 6.07) is 34.3. The summed E-state index contributed by atoms with van der Waals surface area (Å²) >= 11 is 0. The Hall–Kier alpha value is -3.84. The monoisotopic (exact) mass is 420 g/mol. The number of nitrogens with zero attached hydrogens (tertiary/aromatic N) is 2. The molecule has 33 heavy (non-hydrogen) atoms. The third-order valence-electron chi connectivity index (χ3n) is 5.82. The average molecular weight is 420 g/mol. The number of fused-ring (bicyclic) bond motifs is 2. The number of benzene rings is 4. The maximum absolute atomic E-state index is 12.2. The minimum absolute atomic E-state index is 0. The molecule has 0 atom stereocenters. The Bertz CT molecular complexity index is 1570. The number of H-pyrrole nitrogens is 1. The van der Waals surface area contributed by atoms with Crippen LogP contribution < -0.4 is 29.0 Å². The summed E-state index contributed by atoms with van der Waals surface area (Å²) in [5.41, 5.74) is 6.85. The van der Waals surface area contributed by atoms with E-state index >= 15 is 0 Å². The number of aromatic amines is 1. The van der Waals surface area contributed by atoms with Gasteiger partial charge in [0.15, 0.2) is 6.20 Å². The zero-order valence-electron chi connectivity index (χ0n) is 18.2. The van der Waals surface area contributed by atoms with Gasteiger partial charge >= 0.3 is 18.9 Å². The normalized spacial score (nSPS) is 10.9. The number of nitrogens with one attached hydrogen (secondary N) is 1. The molecule has 0 unspecified atom stereocenters. The fourth-order valence-corrected chi connectivity index (χ4v) is 4.31. The van der Waals surface area contributed by atoms with Gasteiger partial charge in [-0.05, 0) is 47.2 Å². The molecule has 4 nitrogen and oxygen atoms in total. The molecule has 5 heteroatoms. The van der Waals surface area contributed by atoms with Crippen LogP contribution in [0.2, 0.25) is 0 Å². The molecule has 0 bridgehead atoms. The smallest absolute Gasteiger partial charge is 0.868 e. The first-order valence-electron chi connectivity index (χ1n) is 10.5. The Morgan fingerprint density at radius 3 is 2.24 bits per heavy atom.